The van der Waals surface area contributed by atoms with E-state index in [0.717, 1.165) is 22.6 Å². The van der Waals surface area contributed by atoms with Crippen LogP contribution < -0.4 is 10.1 Å². The highest BCUT2D eigenvalue weighted by Gasteiger charge is 2.19. The largest absolute Gasteiger partial charge is 0.497 e. The van der Waals surface area contributed by atoms with Gasteiger partial charge < -0.3 is 14.5 Å². The molecule has 2 aromatic carbocycles. The number of carbonyl (C=O) groups is 1. The molecule has 0 aliphatic carbocycles. The standard InChI is InChI=1S/C20H21N3O3S/c1-13-6-4-5-7-17(13)21-19(24)14(2)27-20-23-22-18(26-20)12-15-8-10-16(25-3)11-9-15/h4-11,14H,12H2,1-3H3,(H,21,24). The van der Waals surface area contributed by atoms with Crippen molar-refractivity contribution in [3.63, 3.8) is 0 Å². The van der Waals surface area contributed by atoms with Crippen LogP contribution in [0, 0.1) is 6.92 Å². The number of ether oxygens (including phenoxy) is 1. The SMILES string of the molecule is COc1ccc(Cc2nnc(SC(C)C(=O)Nc3ccccc3C)o2)cc1. The van der Waals surface area contributed by atoms with E-state index in [4.69, 9.17) is 9.15 Å². The van der Waals surface area contributed by atoms with Crippen molar-refractivity contribution in [3.05, 3.63) is 65.5 Å². The van der Waals surface area contributed by atoms with E-state index in [1.807, 2.05) is 62.4 Å². The van der Waals surface area contributed by atoms with Gasteiger partial charge in [0.15, 0.2) is 0 Å². The molecular weight excluding hydrogens is 362 g/mol. The first-order valence-corrected chi connectivity index (χ1v) is 9.41. The van der Waals surface area contributed by atoms with Crippen LogP contribution in [0.1, 0.15) is 23.9 Å². The number of rotatable bonds is 7. The molecule has 0 aliphatic heterocycles. The molecule has 0 aliphatic rings. The number of benzene rings is 2. The minimum atomic E-state index is -0.362. The topological polar surface area (TPSA) is 77.2 Å². The van der Waals surface area contributed by atoms with E-state index in [0.29, 0.717) is 17.5 Å². The molecule has 1 heterocycles. The Morgan fingerprint density at radius 2 is 1.93 bits per heavy atom. The van der Waals surface area contributed by atoms with E-state index in [-0.39, 0.29) is 11.2 Å². The molecule has 7 heteroatoms. The van der Waals surface area contributed by atoms with Crippen LogP contribution in [0.2, 0.25) is 0 Å². The van der Waals surface area contributed by atoms with Crippen LogP contribution in [0.4, 0.5) is 5.69 Å². The van der Waals surface area contributed by atoms with Crippen molar-refractivity contribution in [1.29, 1.82) is 0 Å². The fraction of sp³-hybridized carbons (Fsp3) is 0.250. The van der Waals surface area contributed by atoms with E-state index in [9.17, 15) is 4.79 Å². The Labute approximate surface area is 162 Å². The first kappa shape index (κ1) is 19.0. The number of aryl methyl sites for hydroxylation is 1. The van der Waals surface area contributed by atoms with Crippen molar-refractivity contribution in [1.82, 2.24) is 10.2 Å². The molecule has 1 atom stereocenters. The van der Waals surface area contributed by atoms with Gasteiger partial charge in [-0.2, -0.15) is 0 Å². The molecule has 0 bridgehead atoms. The monoisotopic (exact) mass is 383 g/mol. The Morgan fingerprint density at radius 1 is 1.19 bits per heavy atom. The Hall–Kier alpha value is -2.80. The summed E-state index contributed by atoms with van der Waals surface area (Å²) < 4.78 is 10.8. The van der Waals surface area contributed by atoms with Gasteiger partial charge in [0, 0.05) is 5.69 Å². The third-order valence-electron chi connectivity index (χ3n) is 4.01. The number of thioether (sulfide) groups is 1. The van der Waals surface area contributed by atoms with Crippen LogP contribution in [0.5, 0.6) is 5.75 Å². The zero-order valence-electron chi connectivity index (χ0n) is 15.4. The van der Waals surface area contributed by atoms with Crippen molar-refractivity contribution in [2.45, 2.75) is 30.7 Å². The summed E-state index contributed by atoms with van der Waals surface area (Å²) in [6.07, 6.45) is 0.529. The number of methoxy groups -OCH3 is 1. The molecule has 1 amide bonds. The van der Waals surface area contributed by atoms with Gasteiger partial charge in [-0.1, -0.05) is 42.1 Å². The van der Waals surface area contributed by atoms with Crippen LogP contribution in [-0.2, 0) is 11.2 Å². The molecule has 3 aromatic rings. The average Bonchev–Trinajstić information content (AvgIpc) is 3.11. The number of nitrogens with zero attached hydrogens (tertiary/aromatic N) is 2. The maximum atomic E-state index is 12.4. The molecule has 1 unspecified atom stereocenters. The number of anilines is 1. The zero-order valence-corrected chi connectivity index (χ0v) is 16.2. The zero-order chi connectivity index (χ0) is 19.2. The molecule has 3 rings (SSSR count). The third-order valence-corrected chi connectivity index (χ3v) is 4.95. The van der Waals surface area contributed by atoms with Crippen LogP contribution in [0.25, 0.3) is 0 Å². The molecule has 0 saturated carbocycles. The number of aromatic nitrogens is 2. The summed E-state index contributed by atoms with van der Waals surface area (Å²) in [5, 5.41) is 11.0. The van der Waals surface area contributed by atoms with Gasteiger partial charge in [0.25, 0.3) is 5.22 Å². The summed E-state index contributed by atoms with van der Waals surface area (Å²) in [7, 11) is 1.63. The van der Waals surface area contributed by atoms with Crippen LogP contribution >= 0.6 is 11.8 Å². The van der Waals surface area contributed by atoms with Crippen molar-refractivity contribution >= 4 is 23.4 Å². The van der Waals surface area contributed by atoms with Gasteiger partial charge in [-0.25, -0.2) is 0 Å². The van der Waals surface area contributed by atoms with E-state index in [2.05, 4.69) is 15.5 Å². The molecule has 0 fully saturated rings. The molecule has 0 saturated heterocycles. The lowest BCUT2D eigenvalue weighted by Gasteiger charge is -2.11. The number of amides is 1. The lowest BCUT2D eigenvalue weighted by atomic mass is 10.1. The highest BCUT2D eigenvalue weighted by Crippen LogP contribution is 2.24. The summed E-state index contributed by atoms with van der Waals surface area (Å²) in [5.74, 6) is 1.20. The maximum Gasteiger partial charge on any atom is 0.277 e. The number of hydrogen-bond donors (Lipinski definition) is 1. The van der Waals surface area contributed by atoms with Gasteiger partial charge >= 0.3 is 0 Å². The summed E-state index contributed by atoms with van der Waals surface area (Å²) in [6, 6.07) is 15.3. The molecule has 1 aromatic heterocycles. The minimum absolute atomic E-state index is 0.107. The highest BCUT2D eigenvalue weighted by atomic mass is 32.2. The molecule has 6 nitrogen and oxygen atoms in total. The van der Waals surface area contributed by atoms with Gasteiger partial charge in [0.2, 0.25) is 11.8 Å². The molecular formula is C20H21N3O3S. The number of nitrogens with one attached hydrogen (secondary N) is 1. The van der Waals surface area contributed by atoms with Crippen molar-refractivity contribution < 1.29 is 13.9 Å². The number of hydrogen-bond acceptors (Lipinski definition) is 6. The normalized spacial score (nSPS) is 11.8. The first-order chi connectivity index (χ1) is 13.0. The predicted molar refractivity (Wildman–Crippen MR) is 105 cm³/mol. The van der Waals surface area contributed by atoms with E-state index in [1.54, 1.807) is 7.11 Å². The summed E-state index contributed by atoms with van der Waals surface area (Å²) in [5.41, 5.74) is 2.87. The third kappa shape index (κ3) is 5.10. The van der Waals surface area contributed by atoms with Crippen LogP contribution in [0.3, 0.4) is 0 Å². The quantitative estimate of drug-likeness (QED) is 0.619. The van der Waals surface area contributed by atoms with Gasteiger partial charge in [0.1, 0.15) is 5.75 Å². The second-order valence-electron chi connectivity index (χ2n) is 6.05. The summed E-state index contributed by atoms with van der Waals surface area (Å²) in [6.45, 7) is 3.77. The molecule has 0 radical (unpaired) electrons. The van der Waals surface area contributed by atoms with E-state index >= 15 is 0 Å². The first-order valence-electron chi connectivity index (χ1n) is 8.53. The smallest absolute Gasteiger partial charge is 0.277 e. The van der Waals surface area contributed by atoms with Gasteiger partial charge in [0.05, 0.1) is 18.8 Å². The van der Waals surface area contributed by atoms with Crippen molar-refractivity contribution in [3.8, 4) is 5.75 Å². The second-order valence-corrected chi connectivity index (χ2v) is 7.34. The summed E-state index contributed by atoms with van der Waals surface area (Å²) >= 11 is 1.24. The predicted octanol–water partition coefficient (Wildman–Crippen LogP) is 4.10. The maximum absolute atomic E-state index is 12.4. The lowest BCUT2D eigenvalue weighted by Crippen LogP contribution is -2.22. The van der Waals surface area contributed by atoms with E-state index < -0.39 is 0 Å². The number of carbonyl (C=O) groups excluding carboxylic acids is 1. The highest BCUT2D eigenvalue weighted by molar-refractivity contribution is 8.00. The minimum Gasteiger partial charge on any atom is -0.497 e. The molecule has 1 N–H and O–H groups in total. The van der Waals surface area contributed by atoms with Gasteiger partial charge in [-0.15, -0.1) is 10.2 Å². The van der Waals surface area contributed by atoms with E-state index in [1.165, 1.54) is 11.8 Å². The Morgan fingerprint density at radius 3 is 2.63 bits per heavy atom. The molecule has 27 heavy (non-hydrogen) atoms. The van der Waals surface area contributed by atoms with Crippen molar-refractivity contribution in [2.24, 2.45) is 0 Å². The second kappa shape index (κ2) is 8.73. The number of para-hydroxylation sites is 1. The van der Waals surface area contributed by atoms with Crippen LogP contribution in [-0.4, -0.2) is 28.5 Å². The van der Waals surface area contributed by atoms with Crippen LogP contribution in [0.15, 0.2) is 58.2 Å². The fourth-order valence-electron chi connectivity index (χ4n) is 2.43. The molecule has 0 spiro atoms. The Kier molecular flexibility index (Phi) is 6.13. The molecule has 140 valence electrons. The van der Waals surface area contributed by atoms with Crippen molar-refractivity contribution in [2.75, 3.05) is 12.4 Å². The summed E-state index contributed by atoms with van der Waals surface area (Å²) in [4.78, 5) is 12.4. The Bertz CT molecular complexity index is 909. The fourth-order valence-corrected chi connectivity index (χ4v) is 3.13. The van der Waals surface area contributed by atoms with Gasteiger partial charge in [-0.3, -0.25) is 4.79 Å². The van der Waals surface area contributed by atoms with Gasteiger partial charge in [-0.05, 0) is 43.2 Å². The average molecular weight is 383 g/mol. The lowest BCUT2D eigenvalue weighted by molar-refractivity contribution is -0.115. The Balaban J connectivity index is 1.57.